The molecule has 6 nitrogen and oxygen atoms in total. The number of carbonyl (C=O) groups is 2. The molecular formula is C19H18ClF4N3O3S. The highest BCUT2D eigenvalue weighted by atomic mass is 35.5. The highest BCUT2D eigenvalue weighted by Crippen LogP contribution is 2.29. The van der Waals surface area contributed by atoms with E-state index in [-0.39, 0.29) is 11.6 Å². The third kappa shape index (κ3) is 7.08. The number of nitrogens with zero attached hydrogens (tertiary/aromatic N) is 3. The van der Waals surface area contributed by atoms with Crippen molar-refractivity contribution in [2.45, 2.75) is 32.2 Å². The van der Waals surface area contributed by atoms with Crippen molar-refractivity contribution in [1.29, 1.82) is 0 Å². The van der Waals surface area contributed by atoms with E-state index < -0.39 is 54.3 Å². The lowest BCUT2D eigenvalue weighted by atomic mass is 10.1. The van der Waals surface area contributed by atoms with Crippen LogP contribution >= 0.6 is 24.4 Å². The summed E-state index contributed by atoms with van der Waals surface area (Å²) in [6.07, 6.45) is -4.86. The lowest BCUT2D eigenvalue weighted by Crippen LogP contribution is -2.41. The minimum atomic E-state index is -4.49. The Labute approximate surface area is 186 Å². The first kappa shape index (κ1) is 24.9. The van der Waals surface area contributed by atoms with Crippen LogP contribution in [0.4, 0.5) is 23.4 Å². The molecule has 0 aliphatic carbocycles. The summed E-state index contributed by atoms with van der Waals surface area (Å²) >= 11 is 9.69. The second-order valence-corrected chi connectivity index (χ2v) is 7.56. The van der Waals surface area contributed by atoms with Gasteiger partial charge in [-0.1, -0.05) is 36.5 Å². The van der Waals surface area contributed by atoms with Gasteiger partial charge in [0.25, 0.3) is 5.91 Å². The Morgan fingerprint density at radius 3 is 2.35 bits per heavy atom. The van der Waals surface area contributed by atoms with Crippen LogP contribution in [-0.2, 0) is 22.3 Å². The number of pyridine rings is 1. The molecule has 0 aliphatic heterocycles. The number of rotatable bonds is 7. The summed E-state index contributed by atoms with van der Waals surface area (Å²) in [5.41, 5.74) is -0.485. The molecule has 0 aliphatic rings. The van der Waals surface area contributed by atoms with Crippen LogP contribution in [-0.4, -0.2) is 38.9 Å². The Hall–Kier alpha value is -2.37. The van der Waals surface area contributed by atoms with Gasteiger partial charge in [-0.2, -0.15) is 13.2 Å². The van der Waals surface area contributed by atoms with Gasteiger partial charge in [-0.3, -0.25) is 18.8 Å². The van der Waals surface area contributed by atoms with Crippen molar-refractivity contribution in [3.8, 4) is 0 Å². The fourth-order valence-corrected chi connectivity index (χ4v) is 2.90. The maximum Gasteiger partial charge on any atom is 0.416 e. The molecule has 0 saturated carbocycles. The smallest absolute Gasteiger partial charge is 0.393 e. The van der Waals surface area contributed by atoms with Crippen molar-refractivity contribution in [1.82, 2.24) is 9.29 Å². The summed E-state index contributed by atoms with van der Waals surface area (Å²) in [5, 5.41) is 9.46. The summed E-state index contributed by atoms with van der Waals surface area (Å²) < 4.78 is 53.1. The summed E-state index contributed by atoms with van der Waals surface area (Å²) in [4.78, 5) is 29.5. The summed E-state index contributed by atoms with van der Waals surface area (Å²) in [5.74, 6) is -2.93. The number of benzene rings is 1. The topological polar surface area (TPSA) is 73.7 Å². The Kier molecular flexibility index (Phi) is 8.27. The molecule has 12 heteroatoms. The van der Waals surface area contributed by atoms with Crippen LogP contribution in [0.25, 0.3) is 0 Å². The average molecular weight is 480 g/mol. The second-order valence-electron chi connectivity index (χ2n) is 6.64. The van der Waals surface area contributed by atoms with Crippen LogP contribution in [0.2, 0.25) is 5.02 Å². The van der Waals surface area contributed by atoms with Gasteiger partial charge in [0.1, 0.15) is 6.54 Å². The number of hydrogen-bond donors (Lipinski definition) is 2. The zero-order valence-corrected chi connectivity index (χ0v) is 17.8. The normalized spacial score (nSPS) is 12.4. The third-order valence-electron chi connectivity index (χ3n) is 4.01. The minimum Gasteiger partial charge on any atom is -0.393 e. The molecule has 1 atom stereocenters. The number of amides is 2. The predicted octanol–water partition coefficient (Wildman–Crippen LogP) is 3.87. The lowest BCUT2D eigenvalue weighted by molar-refractivity contribution is -0.137. The number of thiol groups is 1. The Bertz CT molecular complexity index is 942. The summed E-state index contributed by atoms with van der Waals surface area (Å²) in [7, 11) is 0. The van der Waals surface area contributed by atoms with E-state index in [1.807, 2.05) is 0 Å². The van der Waals surface area contributed by atoms with Crippen LogP contribution in [0.15, 0.2) is 36.5 Å². The van der Waals surface area contributed by atoms with Crippen molar-refractivity contribution in [3.05, 3.63) is 58.5 Å². The van der Waals surface area contributed by atoms with Crippen molar-refractivity contribution < 1.29 is 32.3 Å². The number of aliphatic hydroxyl groups is 1. The first-order valence-electron chi connectivity index (χ1n) is 8.83. The van der Waals surface area contributed by atoms with Crippen LogP contribution in [0.1, 0.15) is 24.5 Å². The average Bonchev–Trinajstić information content (AvgIpc) is 2.65. The summed E-state index contributed by atoms with van der Waals surface area (Å²) in [6.45, 7) is 0.509. The number of hydrogen-bond acceptors (Lipinski definition) is 5. The molecule has 168 valence electrons. The SMILES string of the molecule is CC(O)CC(=O)N(CC(=O)N(S)Cc1ccc(C(F)(F)F)cc1)c1ncc(Cl)cc1F. The van der Waals surface area contributed by atoms with Crippen molar-refractivity contribution in [2.24, 2.45) is 0 Å². The largest absolute Gasteiger partial charge is 0.416 e. The molecule has 1 aromatic heterocycles. The standard InChI is InChI=1S/C19H18ClF4N3O3S/c1-11(28)6-16(29)26(18-15(21)7-14(20)8-25-18)10-17(30)27(31)9-12-2-4-13(5-3-12)19(22,23)24/h2-5,7-8,11,28,31H,6,9-10H2,1H3. The van der Waals surface area contributed by atoms with Gasteiger partial charge in [0.05, 0.1) is 29.7 Å². The van der Waals surface area contributed by atoms with Crippen molar-refractivity contribution in [3.63, 3.8) is 0 Å². The van der Waals surface area contributed by atoms with E-state index in [0.29, 0.717) is 5.56 Å². The van der Waals surface area contributed by atoms with Crippen LogP contribution < -0.4 is 4.90 Å². The molecule has 0 radical (unpaired) electrons. The van der Waals surface area contributed by atoms with E-state index in [1.54, 1.807) is 0 Å². The molecule has 1 unspecified atom stereocenters. The molecule has 31 heavy (non-hydrogen) atoms. The molecule has 0 bridgehead atoms. The maximum atomic E-state index is 14.3. The third-order valence-corrected chi connectivity index (χ3v) is 4.58. The number of carbonyl (C=O) groups excluding carboxylic acids is 2. The molecule has 2 aromatic rings. The van der Waals surface area contributed by atoms with Crippen LogP contribution in [0.3, 0.4) is 0 Å². The molecule has 0 saturated heterocycles. The van der Waals surface area contributed by atoms with E-state index in [4.69, 9.17) is 11.6 Å². The van der Waals surface area contributed by atoms with E-state index in [0.717, 1.165) is 33.6 Å². The van der Waals surface area contributed by atoms with Gasteiger partial charge in [-0.25, -0.2) is 9.37 Å². The predicted molar refractivity (Wildman–Crippen MR) is 109 cm³/mol. The highest BCUT2D eigenvalue weighted by molar-refractivity contribution is 7.78. The van der Waals surface area contributed by atoms with Gasteiger partial charge < -0.3 is 5.11 Å². The molecule has 1 aromatic carbocycles. The Morgan fingerprint density at radius 1 is 1.23 bits per heavy atom. The monoisotopic (exact) mass is 479 g/mol. The Balaban J connectivity index is 2.17. The lowest BCUT2D eigenvalue weighted by Gasteiger charge is -2.25. The molecule has 0 spiro atoms. The number of anilines is 1. The van der Waals surface area contributed by atoms with Crippen molar-refractivity contribution >= 4 is 42.0 Å². The zero-order chi connectivity index (χ0) is 23.3. The first-order chi connectivity index (χ1) is 14.4. The fourth-order valence-electron chi connectivity index (χ4n) is 2.53. The van der Waals surface area contributed by atoms with Crippen LogP contribution in [0, 0.1) is 5.82 Å². The van der Waals surface area contributed by atoms with Gasteiger partial charge in [0.15, 0.2) is 11.6 Å². The second kappa shape index (κ2) is 10.3. The molecule has 0 fully saturated rings. The molecule has 2 rings (SSSR count). The van der Waals surface area contributed by atoms with Gasteiger partial charge >= 0.3 is 6.18 Å². The number of aromatic nitrogens is 1. The van der Waals surface area contributed by atoms with E-state index in [2.05, 4.69) is 17.8 Å². The minimum absolute atomic E-state index is 0.0198. The number of alkyl halides is 3. The molecular weight excluding hydrogens is 462 g/mol. The fraction of sp³-hybridized carbons (Fsp3) is 0.316. The quantitative estimate of drug-likeness (QED) is 0.467. The number of halogens is 5. The molecule has 1 N–H and O–H groups in total. The highest BCUT2D eigenvalue weighted by Gasteiger charge is 2.30. The van der Waals surface area contributed by atoms with E-state index in [1.165, 1.54) is 19.1 Å². The van der Waals surface area contributed by atoms with Crippen LogP contribution in [0.5, 0.6) is 0 Å². The van der Waals surface area contributed by atoms with Gasteiger partial charge in [0.2, 0.25) is 5.91 Å². The zero-order valence-electron chi connectivity index (χ0n) is 16.1. The summed E-state index contributed by atoms with van der Waals surface area (Å²) in [6, 6.07) is 5.03. The molecule has 1 heterocycles. The molecule has 2 amide bonds. The van der Waals surface area contributed by atoms with Gasteiger partial charge in [-0.15, -0.1) is 0 Å². The first-order valence-corrected chi connectivity index (χ1v) is 9.61. The Morgan fingerprint density at radius 2 is 1.84 bits per heavy atom. The van der Waals surface area contributed by atoms with Gasteiger partial charge in [0, 0.05) is 6.20 Å². The van der Waals surface area contributed by atoms with E-state index in [9.17, 15) is 32.3 Å². The van der Waals surface area contributed by atoms with Crippen molar-refractivity contribution in [2.75, 3.05) is 11.4 Å². The van der Waals surface area contributed by atoms with Gasteiger partial charge in [-0.05, 0) is 30.7 Å². The van der Waals surface area contributed by atoms with E-state index >= 15 is 0 Å². The number of aliphatic hydroxyl groups excluding tert-OH is 1. The maximum absolute atomic E-state index is 14.3.